The second-order valence-corrected chi connectivity index (χ2v) is 7.39. The Labute approximate surface area is 179 Å². The monoisotopic (exact) mass is 411 g/mol. The van der Waals surface area contributed by atoms with Crippen molar-refractivity contribution < 1.29 is 9.53 Å². The number of piperazine rings is 1. The predicted octanol–water partition coefficient (Wildman–Crippen LogP) is 3.06. The van der Waals surface area contributed by atoms with E-state index < -0.39 is 0 Å². The number of anilines is 2. The van der Waals surface area contributed by atoms with E-state index in [-0.39, 0.29) is 5.91 Å². The minimum absolute atomic E-state index is 0.139. The summed E-state index contributed by atoms with van der Waals surface area (Å²) in [5.74, 6) is 2.72. The van der Waals surface area contributed by atoms with Crippen molar-refractivity contribution in [3.05, 3.63) is 41.9 Å². The number of benzene rings is 1. The average Bonchev–Trinajstić information content (AvgIpc) is 2.98. The van der Waals surface area contributed by atoms with Crippen molar-refractivity contribution in [3.63, 3.8) is 0 Å². The second-order valence-electron chi connectivity index (χ2n) is 7.39. The molecular weight excluding hydrogens is 378 g/mol. The number of para-hydroxylation sites is 2. The number of carbonyl (C=O) groups is 1. The first-order valence-corrected chi connectivity index (χ1v) is 10.9. The zero-order valence-corrected chi connectivity index (χ0v) is 18.6. The zero-order valence-electron chi connectivity index (χ0n) is 18.6. The lowest BCUT2D eigenvalue weighted by Crippen LogP contribution is -2.50. The number of aryl methyl sites for hydroxylation is 2. The third kappa shape index (κ3) is 5.27. The van der Waals surface area contributed by atoms with E-state index in [4.69, 9.17) is 4.74 Å². The molecule has 0 bridgehead atoms. The third-order valence-corrected chi connectivity index (χ3v) is 5.25. The van der Waals surface area contributed by atoms with E-state index in [0.717, 1.165) is 61.4 Å². The molecule has 1 amide bonds. The van der Waals surface area contributed by atoms with Gasteiger partial charge < -0.3 is 14.5 Å². The first kappa shape index (κ1) is 22.0. The van der Waals surface area contributed by atoms with Crippen LogP contribution in [0, 0.1) is 13.8 Å². The molecule has 2 aliphatic rings. The van der Waals surface area contributed by atoms with E-state index in [1.165, 1.54) is 0 Å². The fourth-order valence-electron chi connectivity index (χ4n) is 3.86. The van der Waals surface area contributed by atoms with Gasteiger partial charge in [0.1, 0.15) is 17.4 Å². The molecular formula is C23H33N5O2. The van der Waals surface area contributed by atoms with Crippen molar-refractivity contribution in [2.24, 2.45) is 0 Å². The molecule has 0 spiro atoms. The zero-order chi connectivity index (χ0) is 21.5. The number of hydrogen-bond acceptors (Lipinski definition) is 6. The fraction of sp³-hybridized carbons (Fsp3) is 0.522. The van der Waals surface area contributed by atoms with Crippen LogP contribution in [0.15, 0.2) is 30.3 Å². The number of ether oxygens (including phenoxy) is 1. The Hall–Kier alpha value is -2.67. The van der Waals surface area contributed by atoms with Crippen LogP contribution in [-0.2, 0) is 4.79 Å². The fourth-order valence-corrected chi connectivity index (χ4v) is 3.86. The number of rotatable bonds is 3. The van der Waals surface area contributed by atoms with Gasteiger partial charge in [0.15, 0.2) is 0 Å². The lowest BCUT2D eigenvalue weighted by atomic mass is 10.2. The van der Waals surface area contributed by atoms with Gasteiger partial charge in [0.25, 0.3) is 0 Å². The summed E-state index contributed by atoms with van der Waals surface area (Å²) in [4.78, 5) is 28.3. The minimum atomic E-state index is 0.139. The second kappa shape index (κ2) is 10.4. The van der Waals surface area contributed by atoms with Crippen LogP contribution in [-0.4, -0.2) is 66.7 Å². The van der Waals surface area contributed by atoms with Crippen LogP contribution < -0.4 is 14.5 Å². The van der Waals surface area contributed by atoms with Crippen LogP contribution in [0.3, 0.4) is 0 Å². The highest BCUT2D eigenvalue weighted by Gasteiger charge is 2.26. The van der Waals surface area contributed by atoms with Crippen LogP contribution in [0.2, 0.25) is 0 Å². The summed E-state index contributed by atoms with van der Waals surface area (Å²) < 4.78 is 5.77. The number of hydrogen-bond donors (Lipinski definition) is 0. The quantitative estimate of drug-likeness (QED) is 0.774. The normalized spacial score (nSPS) is 16.7. The summed E-state index contributed by atoms with van der Waals surface area (Å²) in [5.41, 5.74) is 1.87. The van der Waals surface area contributed by atoms with E-state index in [2.05, 4.69) is 19.8 Å². The molecule has 2 aliphatic heterocycles. The number of nitrogens with zero attached hydrogens (tertiary/aromatic N) is 5. The predicted molar refractivity (Wildman–Crippen MR) is 120 cm³/mol. The van der Waals surface area contributed by atoms with Crippen molar-refractivity contribution in [2.45, 2.75) is 34.1 Å². The Morgan fingerprint density at radius 3 is 2.50 bits per heavy atom. The lowest BCUT2D eigenvalue weighted by Gasteiger charge is -2.36. The van der Waals surface area contributed by atoms with Gasteiger partial charge in [0.05, 0.1) is 18.8 Å². The van der Waals surface area contributed by atoms with Gasteiger partial charge in [-0.3, -0.25) is 9.69 Å². The molecule has 0 saturated carbocycles. The molecule has 30 heavy (non-hydrogen) atoms. The Morgan fingerprint density at radius 2 is 1.77 bits per heavy atom. The maximum atomic E-state index is 13.0. The van der Waals surface area contributed by atoms with E-state index >= 15 is 0 Å². The van der Waals surface area contributed by atoms with Crippen molar-refractivity contribution >= 4 is 17.4 Å². The molecule has 4 rings (SSSR count). The van der Waals surface area contributed by atoms with Gasteiger partial charge in [0.2, 0.25) is 5.91 Å². The highest BCUT2D eigenvalue weighted by Crippen LogP contribution is 2.30. The minimum Gasteiger partial charge on any atom is -0.491 e. The third-order valence-electron chi connectivity index (χ3n) is 5.25. The molecule has 0 unspecified atom stereocenters. The van der Waals surface area contributed by atoms with Crippen molar-refractivity contribution in [3.8, 4) is 5.75 Å². The van der Waals surface area contributed by atoms with Gasteiger partial charge in [-0.05, 0) is 32.4 Å². The van der Waals surface area contributed by atoms with Crippen molar-refractivity contribution in [1.82, 2.24) is 14.9 Å². The van der Waals surface area contributed by atoms with Gasteiger partial charge >= 0.3 is 0 Å². The van der Waals surface area contributed by atoms with Gasteiger partial charge in [-0.1, -0.05) is 26.0 Å². The van der Waals surface area contributed by atoms with Crippen LogP contribution in [0.5, 0.6) is 5.75 Å². The summed E-state index contributed by atoms with van der Waals surface area (Å²) in [5, 5.41) is 0. The maximum absolute atomic E-state index is 13.0. The van der Waals surface area contributed by atoms with Crippen LogP contribution in [0.4, 0.5) is 11.5 Å². The Kier molecular flexibility index (Phi) is 7.63. The molecule has 1 aromatic heterocycles. The smallest absolute Gasteiger partial charge is 0.241 e. The van der Waals surface area contributed by atoms with Gasteiger partial charge in [0, 0.05) is 44.5 Å². The largest absolute Gasteiger partial charge is 0.491 e. The molecule has 3 heterocycles. The van der Waals surface area contributed by atoms with Crippen LogP contribution >= 0.6 is 0 Å². The molecule has 0 atom stereocenters. The van der Waals surface area contributed by atoms with Crippen molar-refractivity contribution in [2.75, 3.05) is 55.7 Å². The molecule has 7 nitrogen and oxygen atoms in total. The molecule has 7 heteroatoms. The summed E-state index contributed by atoms with van der Waals surface area (Å²) in [6.07, 6.45) is 0.848. The topological polar surface area (TPSA) is 61.8 Å². The van der Waals surface area contributed by atoms with Gasteiger partial charge in [-0.2, -0.15) is 0 Å². The first-order valence-electron chi connectivity index (χ1n) is 10.9. The summed E-state index contributed by atoms with van der Waals surface area (Å²) in [7, 11) is 0. The first-order chi connectivity index (χ1) is 14.6. The molecule has 1 saturated heterocycles. The van der Waals surface area contributed by atoms with Gasteiger partial charge in [-0.25, -0.2) is 9.97 Å². The Bertz CT molecular complexity index is 829. The molecule has 1 aromatic carbocycles. The molecule has 0 N–H and O–H groups in total. The number of fused-ring (bicyclic) bond motifs is 1. The van der Waals surface area contributed by atoms with Crippen molar-refractivity contribution in [1.29, 1.82) is 0 Å². The highest BCUT2D eigenvalue weighted by atomic mass is 16.5. The van der Waals surface area contributed by atoms with E-state index in [1.54, 1.807) is 0 Å². The molecule has 0 radical (unpaired) electrons. The number of aromatic nitrogens is 2. The molecule has 1 fully saturated rings. The van der Waals surface area contributed by atoms with E-state index in [1.807, 2.05) is 62.9 Å². The maximum Gasteiger partial charge on any atom is 0.241 e. The van der Waals surface area contributed by atoms with E-state index in [0.29, 0.717) is 19.7 Å². The summed E-state index contributed by atoms with van der Waals surface area (Å²) in [6.45, 7) is 13.1. The SMILES string of the molecule is CC.Cc1cc(N2CCN(CC(=O)N3CCCOc4ccccc43)CC2)nc(C)n1. The number of carbonyl (C=O) groups excluding carboxylic acids is 1. The molecule has 2 aromatic rings. The van der Waals surface area contributed by atoms with E-state index in [9.17, 15) is 4.79 Å². The molecule has 0 aliphatic carbocycles. The Morgan fingerprint density at radius 1 is 1.03 bits per heavy atom. The van der Waals surface area contributed by atoms with Gasteiger partial charge in [-0.15, -0.1) is 0 Å². The summed E-state index contributed by atoms with van der Waals surface area (Å²) in [6, 6.07) is 9.84. The highest BCUT2D eigenvalue weighted by molar-refractivity contribution is 5.96. The van der Waals surface area contributed by atoms with Crippen LogP contribution in [0.1, 0.15) is 31.8 Å². The lowest BCUT2D eigenvalue weighted by molar-refractivity contribution is -0.119. The Balaban J connectivity index is 0.00000124. The standard InChI is InChI=1S/C21H27N5O2.C2H6/c1-16-14-20(23-17(2)22-16)25-11-9-24(10-12-25)15-21(27)26-8-5-13-28-19-7-4-3-6-18(19)26;1-2/h3-4,6-7,14H,5,8-13,15H2,1-2H3;1-2H3. The average molecular weight is 412 g/mol. The molecule has 162 valence electrons. The number of amides is 1. The van der Waals surface area contributed by atoms with Crippen LogP contribution in [0.25, 0.3) is 0 Å². The summed E-state index contributed by atoms with van der Waals surface area (Å²) >= 11 is 0.